The first kappa shape index (κ1) is 21.3. The number of amides is 2. The molecule has 0 radical (unpaired) electrons. The van der Waals surface area contributed by atoms with Crippen LogP contribution in [0, 0.1) is 0 Å². The molecule has 3 atom stereocenters. The quantitative estimate of drug-likeness (QED) is 0.535. The Morgan fingerprint density at radius 3 is 2.52 bits per heavy atom. The van der Waals surface area contributed by atoms with Gasteiger partial charge in [-0.25, -0.2) is 0 Å². The van der Waals surface area contributed by atoms with Crippen LogP contribution >= 0.6 is 11.6 Å². The maximum Gasteiger partial charge on any atom is 0.252 e. The van der Waals surface area contributed by atoms with Crippen molar-refractivity contribution in [2.24, 2.45) is 0 Å². The van der Waals surface area contributed by atoms with Crippen molar-refractivity contribution >= 4 is 23.4 Å². The summed E-state index contributed by atoms with van der Waals surface area (Å²) in [6.07, 6.45) is -1.91. The molecule has 154 valence electrons. The van der Waals surface area contributed by atoms with Gasteiger partial charge in [-0.3, -0.25) is 9.59 Å². The van der Waals surface area contributed by atoms with Gasteiger partial charge >= 0.3 is 0 Å². The second-order valence-electron chi connectivity index (χ2n) is 7.03. The zero-order valence-electron chi connectivity index (χ0n) is 15.7. The number of carbonyl (C=O) groups excluding carboxylic acids is 2. The van der Waals surface area contributed by atoms with Gasteiger partial charge in [0.2, 0.25) is 5.91 Å². The maximum atomic E-state index is 12.2. The van der Waals surface area contributed by atoms with Crippen LogP contribution in [-0.2, 0) is 16.0 Å². The highest BCUT2D eigenvalue weighted by Crippen LogP contribution is 2.24. The van der Waals surface area contributed by atoms with Crippen molar-refractivity contribution in [1.82, 2.24) is 10.6 Å². The Labute approximate surface area is 173 Å². The topological polar surface area (TPSA) is 108 Å². The number of nitrogens with one attached hydrogen (secondary N) is 2. The van der Waals surface area contributed by atoms with Crippen LogP contribution in [-0.4, -0.2) is 59.5 Å². The van der Waals surface area contributed by atoms with E-state index in [-0.39, 0.29) is 32.0 Å². The average Bonchev–Trinajstić information content (AvgIpc) is 3.00. The molecule has 1 aliphatic rings. The second kappa shape index (κ2) is 9.37. The van der Waals surface area contributed by atoms with Gasteiger partial charge in [-0.1, -0.05) is 54.1 Å². The second-order valence-corrected chi connectivity index (χ2v) is 7.43. The highest BCUT2D eigenvalue weighted by atomic mass is 35.5. The van der Waals surface area contributed by atoms with Crippen molar-refractivity contribution in [3.8, 4) is 0 Å². The van der Waals surface area contributed by atoms with Crippen LogP contribution in [0.2, 0.25) is 5.02 Å². The summed E-state index contributed by atoms with van der Waals surface area (Å²) in [5, 5.41) is 26.7. The number of carbonyl (C=O) groups is 2. The summed E-state index contributed by atoms with van der Waals surface area (Å²) in [6.45, 7) is -0.327. The molecule has 3 rings (SSSR count). The van der Waals surface area contributed by atoms with E-state index in [1.165, 1.54) is 0 Å². The highest BCUT2D eigenvalue weighted by Gasteiger charge is 2.48. The summed E-state index contributed by atoms with van der Waals surface area (Å²) in [6, 6.07) is 15.8. The van der Waals surface area contributed by atoms with Crippen LogP contribution in [0.25, 0.3) is 0 Å². The van der Waals surface area contributed by atoms with E-state index >= 15 is 0 Å². The van der Waals surface area contributed by atoms with Gasteiger partial charge in [-0.2, -0.15) is 0 Å². The lowest BCUT2D eigenvalue weighted by atomic mass is 9.96. The number of hydrogen-bond donors (Lipinski definition) is 4. The fourth-order valence-electron chi connectivity index (χ4n) is 3.13. The zero-order valence-corrected chi connectivity index (χ0v) is 16.4. The van der Waals surface area contributed by atoms with Crippen molar-refractivity contribution in [3.63, 3.8) is 0 Å². The first-order valence-corrected chi connectivity index (χ1v) is 9.62. The monoisotopic (exact) mass is 418 g/mol. The van der Waals surface area contributed by atoms with Crippen LogP contribution in [0.4, 0.5) is 0 Å². The molecule has 0 unspecified atom stereocenters. The molecule has 1 aliphatic heterocycles. The lowest BCUT2D eigenvalue weighted by Gasteiger charge is -2.26. The molecule has 0 saturated carbocycles. The molecule has 0 spiro atoms. The van der Waals surface area contributed by atoms with Gasteiger partial charge in [-0.05, 0) is 17.7 Å². The standard InChI is InChI=1S/C21H23ClN2O5/c22-16-9-5-4-8-15(16)20(27)23-11-17-19(26)21(28,13-29-17)12-24-18(25)10-14-6-2-1-3-7-14/h1-9,17,19,26,28H,10-13H2,(H,23,27)(H,24,25)/t17-,19-,21+/m1/s1. The molecule has 29 heavy (non-hydrogen) atoms. The van der Waals surface area contributed by atoms with Gasteiger partial charge in [-0.15, -0.1) is 0 Å². The fourth-order valence-corrected chi connectivity index (χ4v) is 3.35. The predicted molar refractivity (Wildman–Crippen MR) is 108 cm³/mol. The lowest BCUT2D eigenvalue weighted by molar-refractivity contribution is -0.122. The van der Waals surface area contributed by atoms with Gasteiger partial charge in [0.05, 0.1) is 30.2 Å². The van der Waals surface area contributed by atoms with Crippen molar-refractivity contribution in [1.29, 1.82) is 0 Å². The van der Waals surface area contributed by atoms with E-state index in [0.29, 0.717) is 10.6 Å². The number of halogens is 1. The minimum Gasteiger partial charge on any atom is -0.387 e. The molecule has 1 fully saturated rings. The average molecular weight is 419 g/mol. The van der Waals surface area contributed by atoms with Gasteiger partial charge in [0.15, 0.2) is 0 Å². The molecule has 8 heteroatoms. The molecule has 2 aromatic carbocycles. The molecular weight excluding hydrogens is 396 g/mol. The van der Waals surface area contributed by atoms with Crippen LogP contribution in [0.3, 0.4) is 0 Å². The van der Waals surface area contributed by atoms with Crippen molar-refractivity contribution in [3.05, 3.63) is 70.7 Å². The van der Waals surface area contributed by atoms with Gasteiger partial charge < -0.3 is 25.6 Å². The minimum absolute atomic E-state index is 0.00844. The van der Waals surface area contributed by atoms with Gasteiger partial charge in [0.25, 0.3) is 5.91 Å². The molecule has 2 amide bonds. The molecule has 1 saturated heterocycles. The summed E-state index contributed by atoms with van der Waals surface area (Å²) in [7, 11) is 0. The molecule has 1 heterocycles. The number of aliphatic hydroxyl groups is 2. The number of ether oxygens (including phenoxy) is 1. The third-order valence-corrected chi connectivity index (χ3v) is 5.16. The molecule has 0 aliphatic carbocycles. The Balaban J connectivity index is 1.49. The van der Waals surface area contributed by atoms with E-state index in [0.717, 1.165) is 5.56 Å². The Bertz CT molecular complexity index is 863. The Kier molecular flexibility index (Phi) is 6.87. The van der Waals surface area contributed by atoms with Crippen molar-refractivity contribution < 1.29 is 24.5 Å². The molecule has 7 nitrogen and oxygen atoms in total. The summed E-state index contributed by atoms with van der Waals surface area (Å²) >= 11 is 6.00. The van der Waals surface area contributed by atoms with Crippen LogP contribution in [0.1, 0.15) is 15.9 Å². The molecular formula is C21H23ClN2O5. The third-order valence-electron chi connectivity index (χ3n) is 4.83. The van der Waals surface area contributed by atoms with Gasteiger partial charge in [0, 0.05) is 6.54 Å². The highest BCUT2D eigenvalue weighted by molar-refractivity contribution is 6.33. The summed E-state index contributed by atoms with van der Waals surface area (Å²) in [5.74, 6) is -0.676. The maximum absolute atomic E-state index is 12.2. The Morgan fingerprint density at radius 1 is 1.10 bits per heavy atom. The molecule has 2 aromatic rings. The van der Waals surface area contributed by atoms with E-state index < -0.39 is 23.7 Å². The number of aliphatic hydroxyl groups excluding tert-OH is 1. The van der Waals surface area contributed by atoms with E-state index in [2.05, 4.69) is 10.6 Å². The normalized spacial score (nSPS) is 23.6. The number of hydrogen-bond acceptors (Lipinski definition) is 5. The third kappa shape index (κ3) is 5.33. The van der Waals surface area contributed by atoms with Crippen LogP contribution < -0.4 is 10.6 Å². The van der Waals surface area contributed by atoms with Crippen LogP contribution in [0.15, 0.2) is 54.6 Å². The lowest BCUT2D eigenvalue weighted by Crippen LogP contribution is -2.53. The van der Waals surface area contributed by atoms with Crippen molar-refractivity contribution in [2.75, 3.05) is 19.7 Å². The van der Waals surface area contributed by atoms with E-state index in [1.807, 2.05) is 30.3 Å². The first-order valence-electron chi connectivity index (χ1n) is 9.24. The van der Waals surface area contributed by atoms with E-state index in [4.69, 9.17) is 16.3 Å². The Hall–Kier alpha value is -2.45. The van der Waals surface area contributed by atoms with Gasteiger partial charge in [0.1, 0.15) is 17.8 Å². The molecule has 0 aromatic heterocycles. The van der Waals surface area contributed by atoms with E-state index in [1.54, 1.807) is 24.3 Å². The zero-order chi connectivity index (χ0) is 20.9. The van der Waals surface area contributed by atoms with E-state index in [9.17, 15) is 19.8 Å². The Morgan fingerprint density at radius 2 is 1.79 bits per heavy atom. The van der Waals surface area contributed by atoms with Crippen molar-refractivity contribution in [2.45, 2.75) is 24.2 Å². The largest absolute Gasteiger partial charge is 0.387 e. The SMILES string of the molecule is O=C(Cc1ccccc1)NC[C@]1(O)CO[C@H](CNC(=O)c2ccccc2Cl)[C@H]1O. The minimum atomic E-state index is -1.63. The number of benzene rings is 2. The summed E-state index contributed by atoms with van der Waals surface area (Å²) in [4.78, 5) is 24.3. The molecule has 4 N–H and O–H groups in total. The van der Waals surface area contributed by atoms with Crippen LogP contribution in [0.5, 0.6) is 0 Å². The smallest absolute Gasteiger partial charge is 0.252 e. The fraction of sp³-hybridized carbons (Fsp3) is 0.333. The predicted octanol–water partition coefficient (Wildman–Crippen LogP) is 0.920. The summed E-state index contributed by atoms with van der Waals surface area (Å²) < 4.78 is 5.45. The number of rotatable bonds is 7. The molecule has 0 bridgehead atoms. The summed E-state index contributed by atoms with van der Waals surface area (Å²) in [5.41, 5.74) is -0.475. The first-order chi connectivity index (χ1) is 13.9.